The van der Waals surface area contributed by atoms with Gasteiger partial charge in [0.2, 0.25) is 0 Å². The second-order valence-corrected chi connectivity index (χ2v) is 8.00. The van der Waals surface area contributed by atoms with E-state index in [1.54, 1.807) is 12.1 Å². The van der Waals surface area contributed by atoms with E-state index < -0.39 is 5.97 Å². The first-order chi connectivity index (χ1) is 13.1. The Hall–Kier alpha value is -1.51. The molecule has 0 saturated carbocycles. The van der Waals surface area contributed by atoms with Crippen molar-refractivity contribution in [3.63, 3.8) is 0 Å². The zero-order valence-corrected chi connectivity index (χ0v) is 17.5. The standard InChI is InChI=1S/C24H40O3/c1-3-4-5-6-7-8-9-10-11-12-13-14-15-23(24(26)27)20(2)21-16-18-22(25)19-17-21/h16-20,23,25H,3-15H2,1-2H3,(H,26,27). The zero-order valence-electron chi connectivity index (χ0n) is 17.5. The fourth-order valence-corrected chi connectivity index (χ4v) is 3.80. The Morgan fingerprint density at radius 3 is 1.70 bits per heavy atom. The summed E-state index contributed by atoms with van der Waals surface area (Å²) in [5.41, 5.74) is 0.985. The van der Waals surface area contributed by atoms with Crippen LogP contribution in [0, 0.1) is 5.92 Å². The average molecular weight is 377 g/mol. The van der Waals surface area contributed by atoms with Gasteiger partial charge in [-0.15, -0.1) is 0 Å². The summed E-state index contributed by atoms with van der Waals surface area (Å²) in [7, 11) is 0. The molecular formula is C24H40O3. The molecule has 0 spiro atoms. The lowest BCUT2D eigenvalue weighted by molar-refractivity contribution is -0.142. The number of phenolic OH excluding ortho intramolecular Hbond substituents is 1. The number of rotatable bonds is 16. The van der Waals surface area contributed by atoms with E-state index in [-0.39, 0.29) is 17.6 Å². The normalized spacial score (nSPS) is 13.4. The molecule has 0 heterocycles. The number of phenols is 1. The van der Waals surface area contributed by atoms with Gasteiger partial charge < -0.3 is 10.2 Å². The predicted molar refractivity (Wildman–Crippen MR) is 113 cm³/mol. The molecule has 0 bridgehead atoms. The van der Waals surface area contributed by atoms with Crippen molar-refractivity contribution in [3.8, 4) is 5.75 Å². The maximum absolute atomic E-state index is 11.7. The minimum Gasteiger partial charge on any atom is -0.508 e. The molecule has 1 aromatic rings. The number of aromatic hydroxyl groups is 1. The van der Waals surface area contributed by atoms with Crippen molar-refractivity contribution in [1.82, 2.24) is 0 Å². The zero-order chi connectivity index (χ0) is 19.9. The molecule has 27 heavy (non-hydrogen) atoms. The molecule has 0 fully saturated rings. The summed E-state index contributed by atoms with van der Waals surface area (Å²) in [6.45, 7) is 4.23. The molecule has 154 valence electrons. The first-order valence-corrected chi connectivity index (χ1v) is 11.1. The summed E-state index contributed by atoms with van der Waals surface area (Å²) in [5.74, 6) is -0.870. The van der Waals surface area contributed by atoms with Crippen LogP contribution < -0.4 is 0 Å². The molecule has 0 amide bonds. The number of hydrogen-bond acceptors (Lipinski definition) is 2. The van der Waals surface area contributed by atoms with Crippen LogP contribution in [0.5, 0.6) is 5.75 Å². The molecule has 3 heteroatoms. The quantitative estimate of drug-likeness (QED) is 0.298. The van der Waals surface area contributed by atoms with E-state index in [2.05, 4.69) is 6.92 Å². The van der Waals surface area contributed by atoms with Gasteiger partial charge in [0, 0.05) is 0 Å². The number of carboxylic acids is 1. The van der Waals surface area contributed by atoms with Crippen LogP contribution in [-0.4, -0.2) is 16.2 Å². The van der Waals surface area contributed by atoms with Gasteiger partial charge in [0.05, 0.1) is 5.92 Å². The molecule has 0 aromatic heterocycles. The minimum atomic E-state index is -0.710. The van der Waals surface area contributed by atoms with Crippen molar-refractivity contribution in [2.24, 2.45) is 5.92 Å². The number of hydrogen-bond donors (Lipinski definition) is 2. The number of carboxylic acid groups (broad SMARTS) is 1. The molecule has 0 radical (unpaired) electrons. The van der Waals surface area contributed by atoms with Gasteiger partial charge in [-0.25, -0.2) is 0 Å². The maximum atomic E-state index is 11.7. The third-order valence-electron chi connectivity index (χ3n) is 5.71. The molecular weight excluding hydrogens is 336 g/mol. The van der Waals surface area contributed by atoms with E-state index in [9.17, 15) is 15.0 Å². The lowest BCUT2D eigenvalue weighted by Gasteiger charge is -2.20. The smallest absolute Gasteiger partial charge is 0.307 e. The van der Waals surface area contributed by atoms with Gasteiger partial charge in [-0.2, -0.15) is 0 Å². The minimum absolute atomic E-state index is 0.0317. The monoisotopic (exact) mass is 376 g/mol. The summed E-state index contributed by atoms with van der Waals surface area (Å²) < 4.78 is 0. The van der Waals surface area contributed by atoms with Crippen LogP contribution in [0.3, 0.4) is 0 Å². The molecule has 2 atom stereocenters. The van der Waals surface area contributed by atoms with Gasteiger partial charge in [0.25, 0.3) is 0 Å². The van der Waals surface area contributed by atoms with Crippen molar-refractivity contribution in [1.29, 1.82) is 0 Å². The molecule has 1 aromatic carbocycles. The van der Waals surface area contributed by atoms with Crippen molar-refractivity contribution in [2.75, 3.05) is 0 Å². The highest BCUT2D eigenvalue weighted by Crippen LogP contribution is 2.30. The Morgan fingerprint density at radius 2 is 1.26 bits per heavy atom. The number of unbranched alkanes of at least 4 members (excludes halogenated alkanes) is 11. The summed E-state index contributed by atoms with van der Waals surface area (Å²) >= 11 is 0. The van der Waals surface area contributed by atoms with E-state index in [4.69, 9.17) is 0 Å². The van der Waals surface area contributed by atoms with E-state index in [1.165, 1.54) is 64.2 Å². The number of carbonyl (C=O) groups is 1. The topological polar surface area (TPSA) is 57.5 Å². The van der Waals surface area contributed by atoms with Crippen molar-refractivity contribution in [3.05, 3.63) is 29.8 Å². The SMILES string of the molecule is CCCCCCCCCCCCCCC(C(=O)O)C(C)c1ccc(O)cc1. The molecule has 0 aliphatic heterocycles. The molecule has 0 aliphatic rings. The highest BCUT2D eigenvalue weighted by atomic mass is 16.4. The fourth-order valence-electron chi connectivity index (χ4n) is 3.80. The van der Waals surface area contributed by atoms with Gasteiger partial charge in [0.15, 0.2) is 0 Å². The van der Waals surface area contributed by atoms with Crippen LogP contribution in [0.25, 0.3) is 0 Å². The highest BCUT2D eigenvalue weighted by molar-refractivity contribution is 5.71. The van der Waals surface area contributed by atoms with Gasteiger partial charge in [-0.1, -0.05) is 103 Å². The molecule has 3 nitrogen and oxygen atoms in total. The first kappa shape index (κ1) is 23.5. The van der Waals surface area contributed by atoms with Crippen LogP contribution in [0.2, 0.25) is 0 Å². The van der Waals surface area contributed by atoms with E-state index in [1.807, 2.05) is 19.1 Å². The Balaban J connectivity index is 2.13. The Morgan fingerprint density at radius 1 is 0.815 bits per heavy atom. The second-order valence-electron chi connectivity index (χ2n) is 8.00. The second kappa shape index (κ2) is 14.5. The summed E-state index contributed by atoms with van der Waals surface area (Å²) in [5, 5.41) is 19.0. The van der Waals surface area contributed by atoms with Crippen molar-refractivity contribution in [2.45, 2.75) is 103 Å². The average Bonchev–Trinajstić information content (AvgIpc) is 2.65. The van der Waals surface area contributed by atoms with Gasteiger partial charge in [-0.3, -0.25) is 4.79 Å². The van der Waals surface area contributed by atoms with Crippen LogP contribution >= 0.6 is 0 Å². The summed E-state index contributed by atoms with van der Waals surface area (Å²) in [4.78, 5) is 11.7. The fraction of sp³-hybridized carbons (Fsp3) is 0.708. The van der Waals surface area contributed by atoms with Crippen LogP contribution in [0.4, 0.5) is 0 Å². The van der Waals surface area contributed by atoms with Gasteiger partial charge in [-0.05, 0) is 30.0 Å². The largest absolute Gasteiger partial charge is 0.508 e. The first-order valence-electron chi connectivity index (χ1n) is 11.1. The van der Waals surface area contributed by atoms with Gasteiger partial charge >= 0.3 is 5.97 Å². The Labute approximate surface area is 166 Å². The van der Waals surface area contributed by atoms with Crippen molar-refractivity contribution >= 4 is 5.97 Å². The number of aliphatic carboxylic acids is 1. The lowest BCUT2D eigenvalue weighted by Crippen LogP contribution is -2.20. The third kappa shape index (κ3) is 10.4. The van der Waals surface area contributed by atoms with E-state index in [0.717, 1.165) is 24.8 Å². The lowest BCUT2D eigenvalue weighted by atomic mass is 9.84. The predicted octanol–water partition coefficient (Wildman–Crippen LogP) is 7.29. The molecule has 1 rings (SSSR count). The molecule has 0 saturated heterocycles. The number of benzene rings is 1. The molecule has 2 unspecified atom stereocenters. The van der Waals surface area contributed by atoms with Gasteiger partial charge in [0.1, 0.15) is 5.75 Å². The molecule has 2 N–H and O–H groups in total. The van der Waals surface area contributed by atoms with Crippen LogP contribution in [0.1, 0.15) is 109 Å². The summed E-state index contributed by atoms with van der Waals surface area (Å²) in [6, 6.07) is 6.93. The van der Waals surface area contributed by atoms with Crippen LogP contribution in [0.15, 0.2) is 24.3 Å². The Bertz CT molecular complexity index is 495. The van der Waals surface area contributed by atoms with Crippen molar-refractivity contribution < 1.29 is 15.0 Å². The molecule has 0 aliphatic carbocycles. The van der Waals surface area contributed by atoms with E-state index in [0.29, 0.717) is 0 Å². The Kier molecular flexibility index (Phi) is 12.7. The highest BCUT2D eigenvalue weighted by Gasteiger charge is 2.25. The maximum Gasteiger partial charge on any atom is 0.307 e. The third-order valence-corrected chi connectivity index (χ3v) is 5.71. The van der Waals surface area contributed by atoms with E-state index >= 15 is 0 Å². The van der Waals surface area contributed by atoms with Crippen LogP contribution in [-0.2, 0) is 4.79 Å². The summed E-state index contributed by atoms with van der Waals surface area (Å²) in [6.07, 6.45) is 16.2.